The van der Waals surface area contributed by atoms with Gasteiger partial charge in [-0.2, -0.15) is 0 Å². The Morgan fingerprint density at radius 3 is 2.42 bits per heavy atom. The Morgan fingerprint density at radius 2 is 1.74 bits per heavy atom. The molecule has 0 spiro atoms. The van der Waals surface area contributed by atoms with E-state index in [1.807, 2.05) is 24.3 Å². The van der Waals surface area contributed by atoms with Crippen molar-refractivity contribution in [1.29, 1.82) is 0 Å². The molecular formula is C17H27ClO. The van der Waals surface area contributed by atoms with E-state index in [1.165, 1.54) is 38.5 Å². The first-order valence-corrected chi connectivity index (χ1v) is 8.02. The maximum Gasteiger partial charge on any atom is 0.0580 e. The van der Waals surface area contributed by atoms with Crippen molar-refractivity contribution in [3.8, 4) is 0 Å². The Kier molecular flexibility index (Phi) is 8.94. The van der Waals surface area contributed by atoms with Crippen LogP contribution in [-0.4, -0.2) is 11.2 Å². The summed E-state index contributed by atoms with van der Waals surface area (Å²) in [5.74, 6) is 0. The highest BCUT2D eigenvalue weighted by Gasteiger charge is 2.05. The topological polar surface area (TPSA) is 20.2 Å². The zero-order valence-electron chi connectivity index (χ0n) is 12.1. The number of unbranched alkanes of at least 4 members (excludes halogenated alkanes) is 6. The van der Waals surface area contributed by atoms with Crippen molar-refractivity contribution in [2.24, 2.45) is 0 Å². The van der Waals surface area contributed by atoms with Gasteiger partial charge in [0.2, 0.25) is 0 Å². The van der Waals surface area contributed by atoms with E-state index in [2.05, 4.69) is 6.92 Å². The van der Waals surface area contributed by atoms with Crippen LogP contribution in [0.5, 0.6) is 0 Å². The molecule has 108 valence electrons. The van der Waals surface area contributed by atoms with Gasteiger partial charge < -0.3 is 5.11 Å². The lowest BCUT2D eigenvalue weighted by atomic mass is 10.0. The highest BCUT2D eigenvalue weighted by Crippen LogP contribution is 2.15. The fourth-order valence-corrected chi connectivity index (χ4v) is 2.59. The monoisotopic (exact) mass is 282 g/mol. The molecule has 0 aliphatic carbocycles. The van der Waals surface area contributed by atoms with Gasteiger partial charge in [0, 0.05) is 5.02 Å². The number of aliphatic hydroxyl groups is 1. The SMILES string of the molecule is CCCCCCCCCC(O)Cc1cccc(Cl)c1. The average molecular weight is 283 g/mol. The number of hydrogen-bond donors (Lipinski definition) is 1. The third-order valence-corrected chi connectivity index (χ3v) is 3.74. The number of hydrogen-bond acceptors (Lipinski definition) is 1. The van der Waals surface area contributed by atoms with Crippen LogP contribution in [0, 0.1) is 0 Å². The summed E-state index contributed by atoms with van der Waals surface area (Å²) in [6.45, 7) is 2.24. The second kappa shape index (κ2) is 10.3. The minimum absolute atomic E-state index is 0.228. The van der Waals surface area contributed by atoms with Gasteiger partial charge in [-0.3, -0.25) is 0 Å². The van der Waals surface area contributed by atoms with E-state index in [9.17, 15) is 5.11 Å². The summed E-state index contributed by atoms with van der Waals surface area (Å²) in [6.07, 6.45) is 10.5. The highest BCUT2D eigenvalue weighted by atomic mass is 35.5. The predicted molar refractivity (Wildman–Crippen MR) is 83.8 cm³/mol. The van der Waals surface area contributed by atoms with Crippen molar-refractivity contribution in [3.63, 3.8) is 0 Å². The van der Waals surface area contributed by atoms with E-state index < -0.39 is 0 Å². The molecule has 0 saturated carbocycles. The number of aliphatic hydroxyl groups excluding tert-OH is 1. The fraction of sp³-hybridized carbons (Fsp3) is 0.647. The molecule has 0 fully saturated rings. The van der Waals surface area contributed by atoms with Crippen LogP contribution < -0.4 is 0 Å². The Balaban J connectivity index is 2.06. The van der Waals surface area contributed by atoms with Gasteiger partial charge in [-0.05, 0) is 30.5 Å². The van der Waals surface area contributed by atoms with E-state index in [-0.39, 0.29) is 6.10 Å². The Morgan fingerprint density at radius 1 is 1.05 bits per heavy atom. The lowest BCUT2D eigenvalue weighted by Gasteiger charge is -2.10. The van der Waals surface area contributed by atoms with Crippen molar-refractivity contribution >= 4 is 11.6 Å². The molecule has 19 heavy (non-hydrogen) atoms. The average Bonchev–Trinajstić information content (AvgIpc) is 2.37. The molecule has 2 heteroatoms. The maximum absolute atomic E-state index is 9.99. The molecule has 0 aliphatic heterocycles. The van der Waals surface area contributed by atoms with Gasteiger partial charge in [-0.15, -0.1) is 0 Å². The smallest absolute Gasteiger partial charge is 0.0580 e. The Labute approximate surface area is 123 Å². The molecule has 1 rings (SSSR count). The zero-order chi connectivity index (χ0) is 13.9. The molecule has 1 nitrogen and oxygen atoms in total. The molecule has 0 saturated heterocycles. The molecule has 1 aromatic rings. The van der Waals surface area contributed by atoms with Crippen LogP contribution in [0.3, 0.4) is 0 Å². The van der Waals surface area contributed by atoms with Crippen molar-refractivity contribution in [2.45, 2.75) is 70.8 Å². The second-order valence-electron chi connectivity index (χ2n) is 5.40. The molecule has 0 radical (unpaired) electrons. The fourth-order valence-electron chi connectivity index (χ4n) is 2.38. The maximum atomic E-state index is 9.99. The van der Waals surface area contributed by atoms with Crippen LogP contribution >= 0.6 is 11.6 Å². The van der Waals surface area contributed by atoms with Crippen molar-refractivity contribution < 1.29 is 5.11 Å². The number of rotatable bonds is 10. The lowest BCUT2D eigenvalue weighted by molar-refractivity contribution is 0.161. The summed E-state index contributed by atoms with van der Waals surface area (Å²) in [5.41, 5.74) is 1.13. The van der Waals surface area contributed by atoms with Gasteiger partial charge >= 0.3 is 0 Å². The third kappa shape index (κ3) is 8.28. The number of benzene rings is 1. The van der Waals surface area contributed by atoms with Gasteiger partial charge in [0.1, 0.15) is 0 Å². The van der Waals surface area contributed by atoms with Crippen LogP contribution in [0.4, 0.5) is 0 Å². The van der Waals surface area contributed by atoms with Gasteiger partial charge in [0.25, 0.3) is 0 Å². The van der Waals surface area contributed by atoms with Gasteiger partial charge in [-0.1, -0.05) is 75.6 Å². The summed E-state index contributed by atoms with van der Waals surface area (Å²) >= 11 is 5.93. The zero-order valence-corrected chi connectivity index (χ0v) is 12.8. The molecular weight excluding hydrogens is 256 g/mol. The first kappa shape index (κ1) is 16.5. The first-order chi connectivity index (χ1) is 9.22. The molecule has 1 aromatic carbocycles. The van der Waals surface area contributed by atoms with E-state index >= 15 is 0 Å². The largest absolute Gasteiger partial charge is 0.393 e. The van der Waals surface area contributed by atoms with E-state index in [4.69, 9.17) is 11.6 Å². The lowest BCUT2D eigenvalue weighted by Crippen LogP contribution is -2.10. The van der Waals surface area contributed by atoms with Gasteiger partial charge in [-0.25, -0.2) is 0 Å². The molecule has 1 unspecified atom stereocenters. The normalized spacial score (nSPS) is 12.6. The minimum atomic E-state index is -0.228. The Hall–Kier alpha value is -0.530. The first-order valence-electron chi connectivity index (χ1n) is 7.65. The minimum Gasteiger partial charge on any atom is -0.393 e. The van der Waals surface area contributed by atoms with Crippen LogP contribution in [0.15, 0.2) is 24.3 Å². The summed E-state index contributed by atoms with van der Waals surface area (Å²) in [6, 6.07) is 7.78. The second-order valence-corrected chi connectivity index (χ2v) is 5.83. The molecule has 0 heterocycles. The molecule has 0 bridgehead atoms. The standard InChI is InChI=1S/C17H27ClO/c1-2-3-4-5-6-7-8-12-17(19)14-15-10-9-11-16(18)13-15/h9-11,13,17,19H,2-8,12,14H2,1H3. The summed E-state index contributed by atoms with van der Waals surface area (Å²) < 4.78 is 0. The van der Waals surface area contributed by atoms with Crippen molar-refractivity contribution in [3.05, 3.63) is 34.9 Å². The molecule has 1 N–H and O–H groups in total. The van der Waals surface area contributed by atoms with E-state index in [0.29, 0.717) is 0 Å². The predicted octanol–water partition coefficient (Wildman–Crippen LogP) is 5.38. The summed E-state index contributed by atoms with van der Waals surface area (Å²) in [4.78, 5) is 0. The summed E-state index contributed by atoms with van der Waals surface area (Å²) in [7, 11) is 0. The molecule has 0 aliphatic rings. The van der Waals surface area contributed by atoms with Gasteiger partial charge in [0.15, 0.2) is 0 Å². The van der Waals surface area contributed by atoms with Crippen molar-refractivity contribution in [1.82, 2.24) is 0 Å². The highest BCUT2D eigenvalue weighted by molar-refractivity contribution is 6.30. The van der Waals surface area contributed by atoms with Crippen LogP contribution in [0.1, 0.15) is 63.9 Å². The number of halogens is 1. The molecule has 1 atom stereocenters. The van der Waals surface area contributed by atoms with Crippen LogP contribution in [0.2, 0.25) is 5.02 Å². The van der Waals surface area contributed by atoms with Crippen LogP contribution in [-0.2, 0) is 6.42 Å². The molecule has 0 amide bonds. The molecule has 0 aromatic heterocycles. The Bertz CT molecular complexity index is 338. The third-order valence-electron chi connectivity index (χ3n) is 3.50. The van der Waals surface area contributed by atoms with E-state index in [1.54, 1.807) is 0 Å². The van der Waals surface area contributed by atoms with E-state index in [0.717, 1.165) is 29.8 Å². The quantitative estimate of drug-likeness (QED) is 0.571. The van der Waals surface area contributed by atoms with Gasteiger partial charge in [0.05, 0.1) is 6.10 Å². The van der Waals surface area contributed by atoms with Crippen molar-refractivity contribution in [2.75, 3.05) is 0 Å². The summed E-state index contributed by atoms with van der Waals surface area (Å²) in [5, 5.41) is 10.7. The van der Waals surface area contributed by atoms with Crippen LogP contribution in [0.25, 0.3) is 0 Å².